The van der Waals surface area contributed by atoms with Crippen LogP contribution in [0.4, 0.5) is 15.3 Å². The Balaban J connectivity index is 0.000000292. The first-order valence-electron chi connectivity index (χ1n) is 21.4. The van der Waals surface area contributed by atoms with Gasteiger partial charge in [-0.2, -0.15) is 0 Å². The number of nitrogen functional groups attached to an aromatic ring is 1. The fourth-order valence-corrected chi connectivity index (χ4v) is 7.06. The molecule has 14 heteroatoms. The summed E-state index contributed by atoms with van der Waals surface area (Å²) in [4.78, 5) is 61.8. The van der Waals surface area contributed by atoms with Gasteiger partial charge in [-0.1, -0.05) is 70.5 Å². The SMILES string of the molecule is Cc1c(Br)cccc1CC(=O)c1ccc(CN(CCO)C(=O)OC(C)(C)C)cn1.Cc1c(N)cccc1-c1cccc(CC(=O)c2ccc(CN(CCO)C(=O)OC(C)(C)C)cn2)c1C. The summed E-state index contributed by atoms with van der Waals surface area (Å²) in [5.41, 5.74) is 14.9. The average Bonchev–Trinajstić information content (AvgIpc) is 3.23. The van der Waals surface area contributed by atoms with Gasteiger partial charge in [0.2, 0.25) is 0 Å². The van der Waals surface area contributed by atoms with E-state index in [1.165, 1.54) is 9.80 Å². The van der Waals surface area contributed by atoms with Crippen molar-refractivity contribution in [1.29, 1.82) is 0 Å². The number of hydrogen-bond acceptors (Lipinski definition) is 11. The van der Waals surface area contributed by atoms with Crippen LogP contribution in [0.1, 0.15) is 101 Å². The zero-order chi connectivity index (χ0) is 48.1. The van der Waals surface area contributed by atoms with Crippen molar-refractivity contribution in [1.82, 2.24) is 19.8 Å². The minimum absolute atomic E-state index is 0.0721. The molecule has 0 saturated carbocycles. The van der Waals surface area contributed by atoms with Gasteiger partial charge in [0.05, 0.1) is 26.3 Å². The van der Waals surface area contributed by atoms with Crippen LogP contribution in [0.3, 0.4) is 0 Å². The largest absolute Gasteiger partial charge is 0.444 e. The molecule has 0 aliphatic rings. The lowest BCUT2D eigenvalue weighted by molar-refractivity contribution is 0.0193. The molecule has 2 aromatic heterocycles. The van der Waals surface area contributed by atoms with E-state index in [2.05, 4.69) is 25.9 Å². The second-order valence-electron chi connectivity index (χ2n) is 17.7. The van der Waals surface area contributed by atoms with Crippen LogP contribution in [0.15, 0.2) is 95.7 Å². The standard InChI is InChI=1S/C29H35N3O4.C22H27BrN2O4/c1-19-22(8-6-9-23(19)24-10-7-11-25(30)20(24)2)16-27(34)26-13-12-21(17-31-26)18-32(14-15-33)28(35)36-29(3,4)5;1-15-17(6-5-7-18(15)23)12-20(27)19-9-8-16(13-24-19)14-25(10-11-26)21(28)29-22(2,3)4/h6-13,17,33H,14-16,18,30H2,1-5H3;5-9,13,26H,10-12,14H2,1-4H3. The molecule has 0 radical (unpaired) electrons. The molecule has 0 aliphatic carbocycles. The molecule has 0 saturated heterocycles. The van der Waals surface area contributed by atoms with E-state index in [0.717, 1.165) is 60.2 Å². The van der Waals surface area contributed by atoms with Gasteiger partial charge in [-0.15, -0.1) is 0 Å². The summed E-state index contributed by atoms with van der Waals surface area (Å²) in [6, 6.07) is 24.5. The maximum absolute atomic E-state index is 13.0. The number of Topliss-reactive ketones (excluding diaryl/α,β-unsaturated/α-hetero) is 2. The summed E-state index contributed by atoms with van der Waals surface area (Å²) < 4.78 is 11.8. The minimum Gasteiger partial charge on any atom is -0.444 e. The fourth-order valence-electron chi connectivity index (χ4n) is 6.65. The van der Waals surface area contributed by atoms with Crippen LogP contribution >= 0.6 is 15.9 Å². The quantitative estimate of drug-likeness (QED) is 0.0671. The number of nitrogens with zero attached hydrogens (tertiary/aromatic N) is 4. The number of aromatic nitrogens is 2. The summed E-state index contributed by atoms with van der Waals surface area (Å²) in [7, 11) is 0. The number of carbonyl (C=O) groups excluding carboxylic acids is 4. The second-order valence-corrected chi connectivity index (χ2v) is 18.5. The number of pyridine rings is 2. The van der Waals surface area contributed by atoms with Gasteiger partial charge < -0.3 is 35.2 Å². The van der Waals surface area contributed by atoms with Gasteiger partial charge in [0.1, 0.15) is 22.6 Å². The van der Waals surface area contributed by atoms with E-state index in [9.17, 15) is 29.4 Å². The van der Waals surface area contributed by atoms with Crippen LogP contribution in [-0.2, 0) is 35.4 Å². The Bertz CT molecular complexity index is 2430. The molecular formula is C51H62BrN5O8. The number of ether oxygens (including phenoxy) is 2. The van der Waals surface area contributed by atoms with Crippen LogP contribution in [0.2, 0.25) is 0 Å². The van der Waals surface area contributed by atoms with Crippen molar-refractivity contribution in [2.24, 2.45) is 0 Å². The molecule has 0 bridgehead atoms. The zero-order valence-electron chi connectivity index (χ0n) is 38.9. The molecule has 5 rings (SSSR count). The van der Waals surface area contributed by atoms with Crippen molar-refractivity contribution in [3.8, 4) is 11.1 Å². The number of ketones is 2. The highest BCUT2D eigenvalue weighted by atomic mass is 79.9. The summed E-state index contributed by atoms with van der Waals surface area (Å²) in [6.07, 6.45) is 2.64. The van der Waals surface area contributed by atoms with E-state index >= 15 is 0 Å². The third-order valence-corrected chi connectivity index (χ3v) is 11.1. The summed E-state index contributed by atoms with van der Waals surface area (Å²) in [5, 5.41) is 18.6. The van der Waals surface area contributed by atoms with Gasteiger partial charge in [-0.05, 0) is 137 Å². The monoisotopic (exact) mass is 951 g/mol. The first-order chi connectivity index (χ1) is 30.6. The van der Waals surface area contributed by atoms with Crippen molar-refractivity contribution >= 4 is 45.4 Å². The van der Waals surface area contributed by atoms with Crippen molar-refractivity contribution in [2.75, 3.05) is 32.0 Å². The number of aliphatic hydroxyl groups is 2. The first kappa shape index (κ1) is 51.7. The van der Waals surface area contributed by atoms with Crippen molar-refractivity contribution in [2.45, 2.75) is 99.4 Å². The minimum atomic E-state index is -0.638. The molecule has 2 amide bonds. The Labute approximate surface area is 391 Å². The molecule has 4 N–H and O–H groups in total. The maximum atomic E-state index is 13.0. The molecule has 0 unspecified atom stereocenters. The van der Waals surface area contributed by atoms with Gasteiger partial charge in [0.15, 0.2) is 11.6 Å². The number of nitrogens with two attached hydrogens (primary N) is 1. The number of halogens is 1. The molecule has 3 aromatic carbocycles. The van der Waals surface area contributed by atoms with E-state index < -0.39 is 23.4 Å². The lowest BCUT2D eigenvalue weighted by Crippen LogP contribution is -2.38. The first-order valence-corrected chi connectivity index (χ1v) is 22.2. The molecule has 0 spiro atoms. The van der Waals surface area contributed by atoms with Crippen LogP contribution in [0, 0.1) is 20.8 Å². The van der Waals surface area contributed by atoms with Crippen LogP contribution in [0.25, 0.3) is 11.1 Å². The highest BCUT2D eigenvalue weighted by Crippen LogP contribution is 2.31. The Morgan fingerprint density at radius 1 is 0.600 bits per heavy atom. The predicted octanol–water partition coefficient (Wildman–Crippen LogP) is 9.41. The molecule has 2 heterocycles. The van der Waals surface area contributed by atoms with Gasteiger partial charge >= 0.3 is 12.2 Å². The normalized spacial score (nSPS) is 11.3. The van der Waals surface area contributed by atoms with Gasteiger partial charge in [0.25, 0.3) is 0 Å². The Morgan fingerprint density at radius 3 is 1.43 bits per heavy atom. The number of anilines is 1. The predicted molar refractivity (Wildman–Crippen MR) is 257 cm³/mol. The number of carbonyl (C=O) groups is 4. The zero-order valence-corrected chi connectivity index (χ0v) is 40.5. The molecule has 13 nitrogen and oxygen atoms in total. The molecule has 0 atom stereocenters. The second kappa shape index (κ2) is 23.3. The van der Waals surface area contributed by atoms with E-state index in [1.807, 2.05) is 75.4 Å². The molecule has 5 aromatic rings. The molecule has 346 valence electrons. The number of hydrogen-bond donors (Lipinski definition) is 3. The van der Waals surface area contributed by atoms with Gasteiger partial charge in [-0.25, -0.2) is 9.59 Å². The highest BCUT2D eigenvalue weighted by molar-refractivity contribution is 9.10. The van der Waals surface area contributed by atoms with Crippen LogP contribution in [0.5, 0.6) is 0 Å². The third kappa shape index (κ3) is 15.6. The van der Waals surface area contributed by atoms with Gasteiger partial charge in [0, 0.05) is 48.5 Å². The molecular weight excluding hydrogens is 890 g/mol. The Hall–Kier alpha value is -5.96. The van der Waals surface area contributed by atoms with E-state index in [1.54, 1.807) is 78.2 Å². The lowest BCUT2D eigenvalue weighted by Gasteiger charge is -2.27. The Morgan fingerprint density at radius 2 is 1.02 bits per heavy atom. The number of amides is 2. The molecule has 65 heavy (non-hydrogen) atoms. The van der Waals surface area contributed by atoms with Gasteiger partial charge in [-0.3, -0.25) is 19.6 Å². The number of aliphatic hydroxyl groups excluding tert-OH is 2. The van der Waals surface area contributed by atoms with Crippen molar-refractivity contribution in [3.63, 3.8) is 0 Å². The third-order valence-electron chi connectivity index (χ3n) is 10.2. The maximum Gasteiger partial charge on any atom is 0.410 e. The Kier molecular flexibility index (Phi) is 18.5. The molecule has 0 fully saturated rings. The van der Waals surface area contributed by atoms with E-state index in [0.29, 0.717) is 11.4 Å². The summed E-state index contributed by atoms with van der Waals surface area (Å²) in [6.45, 7) is 17.1. The molecule has 0 aliphatic heterocycles. The highest BCUT2D eigenvalue weighted by Gasteiger charge is 2.24. The number of rotatable bonds is 15. The van der Waals surface area contributed by atoms with E-state index in [-0.39, 0.29) is 63.8 Å². The van der Waals surface area contributed by atoms with E-state index in [4.69, 9.17) is 15.2 Å². The summed E-state index contributed by atoms with van der Waals surface area (Å²) >= 11 is 3.48. The van der Waals surface area contributed by atoms with Crippen LogP contribution in [-0.4, -0.2) is 91.2 Å². The number of benzene rings is 3. The summed E-state index contributed by atoms with van der Waals surface area (Å²) in [5.74, 6) is -0.164. The fraction of sp³-hybridized carbons (Fsp3) is 0.373. The van der Waals surface area contributed by atoms with Crippen molar-refractivity contribution < 1.29 is 38.9 Å². The average molecular weight is 953 g/mol. The topological polar surface area (TPSA) is 185 Å². The smallest absolute Gasteiger partial charge is 0.410 e. The van der Waals surface area contributed by atoms with Crippen molar-refractivity contribution in [3.05, 3.63) is 146 Å². The van der Waals surface area contributed by atoms with Crippen LogP contribution < -0.4 is 5.73 Å². The lowest BCUT2D eigenvalue weighted by atomic mass is 9.91.